The van der Waals surface area contributed by atoms with Crippen molar-refractivity contribution in [3.63, 3.8) is 0 Å². The lowest BCUT2D eigenvalue weighted by Crippen LogP contribution is -2.25. The highest BCUT2D eigenvalue weighted by atomic mass is 16.5. The lowest BCUT2D eigenvalue weighted by molar-refractivity contribution is 0.0600. The summed E-state index contributed by atoms with van der Waals surface area (Å²) in [7, 11) is 1.30. The molecule has 0 fully saturated rings. The number of methoxy groups -OCH3 is 1. The van der Waals surface area contributed by atoms with Crippen molar-refractivity contribution in [2.75, 3.05) is 7.11 Å². The normalized spacial score (nSPS) is 12.4. The molecular formula is C30H26O4. The highest BCUT2D eigenvalue weighted by Gasteiger charge is 2.31. The Morgan fingerprint density at radius 1 is 0.647 bits per heavy atom. The third kappa shape index (κ3) is 4.62. The molecule has 0 saturated heterocycles. The van der Waals surface area contributed by atoms with E-state index in [0.717, 1.165) is 5.56 Å². The Hall–Kier alpha value is -4.18. The van der Waals surface area contributed by atoms with Gasteiger partial charge in [-0.05, 0) is 60.9 Å². The summed E-state index contributed by atoms with van der Waals surface area (Å²) in [6.07, 6.45) is 0. The van der Waals surface area contributed by atoms with E-state index < -0.39 is 11.9 Å². The first-order chi connectivity index (χ1) is 16.4. The number of aryl methyl sites for hydroxylation is 1. The second-order valence-electron chi connectivity index (χ2n) is 8.34. The maximum atomic E-state index is 12.7. The number of hydrogen-bond donors (Lipinski definition) is 0. The van der Waals surface area contributed by atoms with Crippen molar-refractivity contribution in [3.8, 4) is 5.75 Å². The number of ether oxygens (including phenoxy) is 2. The van der Waals surface area contributed by atoms with Crippen molar-refractivity contribution >= 4 is 11.9 Å². The molecule has 4 heteroatoms. The van der Waals surface area contributed by atoms with Crippen LogP contribution in [0.25, 0.3) is 0 Å². The summed E-state index contributed by atoms with van der Waals surface area (Å²) in [4.78, 5) is 24.4. The molecule has 4 aromatic carbocycles. The molecule has 1 atom stereocenters. The predicted molar refractivity (Wildman–Crippen MR) is 132 cm³/mol. The van der Waals surface area contributed by atoms with E-state index in [1.54, 1.807) is 30.3 Å². The molecule has 4 rings (SSSR count). The average molecular weight is 451 g/mol. The van der Waals surface area contributed by atoms with Gasteiger partial charge in [-0.15, -0.1) is 0 Å². The van der Waals surface area contributed by atoms with E-state index in [2.05, 4.69) is 50.2 Å². The molecule has 0 amide bonds. The summed E-state index contributed by atoms with van der Waals surface area (Å²) in [5.74, 6) is -0.616. The van der Waals surface area contributed by atoms with Gasteiger partial charge in [0.2, 0.25) is 0 Å². The second kappa shape index (κ2) is 9.75. The van der Waals surface area contributed by atoms with Crippen molar-refractivity contribution in [1.82, 2.24) is 0 Å². The van der Waals surface area contributed by atoms with E-state index in [4.69, 9.17) is 9.47 Å². The van der Waals surface area contributed by atoms with Gasteiger partial charge in [-0.2, -0.15) is 0 Å². The SMILES string of the molecule is COC(=O)c1cccc(C(=O)Oc2ccc(C(C)(c3ccccc3)c3ccc(C)cc3)cc2)c1. The molecular weight excluding hydrogens is 424 g/mol. The van der Waals surface area contributed by atoms with Crippen LogP contribution in [-0.4, -0.2) is 19.0 Å². The molecule has 0 aliphatic carbocycles. The van der Waals surface area contributed by atoms with E-state index in [-0.39, 0.29) is 11.0 Å². The van der Waals surface area contributed by atoms with Crippen LogP contribution in [0.5, 0.6) is 5.75 Å². The fourth-order valence-corrected chi connectivity index (χ4v) is 4.07. The maximum Gasteiger partial charge on any atom is 0.343 e. The average Bonchev–Trinajstić information content (AvgIpc) is 2.89. The molecule has 0 aliphatic heterocycles. The maximum absolute atomic E-state index is 12.7. The molecule has 0 bridgehead atoms. The van der Waals surface area contributed by atoms with Crippen LogP contribution in [0.2, 0.25) is 0 Å². The number of rotatable bonds is 6. The predicted octanol–water partition coefficient (Wildman–Crippen LogP) is 6.36. The second-order valence-corrected chi connectivity index (χ2v) is 8.34. The first kappa shape index (κ1) is 23.0. The van der Waals surface area contributed by atoms with E-state index in [9.17, 15) is 9.59 Å². The summed E-state index contributed by atoms with van der Waals surface area (Å²) in [6.45, 7) is 4.28. The third-order valence-electron chi connectivity index (χ3n) is 6.14. The zero-order chi connectivity index (χ0) is 24.1. The highest BCUT2D eigenvalue weighted by Crippen LogP contribution is 2.39. The minimum absolute atomic E-state index is 0.278. The fourth-order valence-electron chi connectivity index (χ4n) is 4.07. The molecule has 0 spiro atoms. The van der Waals surface area contributed by atoms with Gasteiger partial charge in [0.1, 0.15) is 5.75 Å². The zero-order valence-electron chi connectivity index (χ0n) is 19.4. The van der Waals surface area contributed by atoms with Crippen LogP contribution in [0.1, 0.15) is 49.9 Å². The van der Waals surface area contributed by atoms with Gasteiger partial charge in [-0.25, -0.2) is 9.59 Å². The Labute approximate surface area is 199 Å². The Morgan fingerprint density at radius 2 is 1.18 bits per heavy atom. The molecule has 170 valence electrons. The molecule has 0 saturated carbocycles. The van der Waals surface area contributed by atoms with Gasteiger partial charge < -0.3 is 9.47 Å². The molecule has 0 radical (unpaired) electrons. The number of hydrogen-bond acceptors (Lipinski definition) is 4. The van der Waals surface area contributed by atoms with Crippen LogP contribution in [0, 0.1) is 6.92 Å². The van der Waals surface area contributed by atoms with Gasteiger partial charge in [0, 0.05) is 5.41 Å². The van der Waals surface area contributed by atoms with Crippen molar-refractivity contribution < 1.29 is 19.1 Å². The van der Waals surface area contributed by atoms with Crippen molar-refractivity contribution in [2.45, 2.75) is 19.3 Å². The van der Waals surface area contributed by atoms with E-state index in [0.29, 0.717) is 11.3 Å². The topological polar surface area (TPSA) is 52.6 Å². The fraction of sp³-hybridized carbons (Fsp3) is 0.133. The van der Waals surface area contributed by atoms with E-state index in [1.165, 1.54) is 29.9 Å². The molecule has 0 heterocycles. The largest absolute Gasteiger partial charge is 0.465 e. The number of carbonyl (C=O) groups excluding carboxylic acids is 2. The van der Waals surface area contributed by atoms with Gasteiger partial charge in [0.25, 0.3) is 0 Å². The van der Waals surface area contributed by atoms with Crippen LogP contribution in [-0.2, 0) is 10.2 Å². The van der Waals surface area contributed by atoms with Gasteiger partial charge in [0.15, 0.2) is 0 Å². The molecule has 4 aromatic rings. The Kier molecular flexibility index (Phi) is 6.60. The lowest BCUT2D eigenvalue weighted by Gasteiger charge is -2.32. The summed E-state index contributed by atoms with van der Waals surface area (Å²) in [5.41, 5.74) is 4.82. The van der Waals surface area contributed by atoms with Crippen molar-refractivity contribution in [3.05, 3.63) is 137 Å². The first-order valence-corrected chi connectivity index (χ1v) is 11.1. The number of carbonyl (C=O) groups is 2. The van der Waals surface area contributed by atoms with Crippen LogP contribution >= 0.6 is 0 Å². The molecule has 34 heavy (non-hydrogen) atoms. The van der Waals surface area contributed by atoms with Gasteiger partial charge in [0.05, 0.1) is 18.2 Å². The first-order valence-electron chi connectivity index (χ1n) is 11.1. The van der Waals surface area contributed by atoms with Gasteiger partial charge in [-0.3, -0.25) is 0 Å². The Balaban J connectivity index is 1.63. The summed E-state index contributed by atoms with van der Waals surface area (Å²) in [5, 5.41) is 0. The summed E-state index contributed by atoms with van der Waals surface area (Å²) >= 11 is 0. The molecule has 0 aliphatic rings. The molecule has 0 N–H and O–H groups in total. The Morgan fingerprint density at radius 3 is 1.76 bits per heavy atom. The number of benzene rings is 4. The Bertz CT molecular complexity index is 1290. The molecule has 1 unspecified atom stereocenters. The van der Waals surface area contributed by atoms with Crippen LogP contribution < -0.4 is 4.74 Å². The minimum Gasteiger partial charge on any atom is -0.465 e. The van der Waals surface area contributed by atoms with Gasteiger partial charge in [-0.1, -0.05) is 78.4 Å². The smallest absolute Gasteiger partial charge is 0.343 e. The lowest BCUT2D eigenvalue weighted by atomic mass is 9.71. The molecule has 4 nitrogen and oxygen atoms in total. The third-order valence-corrected chi connectivity index (χ3v) is 6.14. The van der Waals surface area contributed by atoms with Gasteiger partial charge >= 0.3 is 11.9 Å². The van der Waals surface area contributed by atoms with Crippen molar-refractivity contribution in [2.24, 2.45) is 0 Å². The monoisotopic (exact) mass is 450 g/mol. The molecule has 0 aromatic heterocycles. The number of esters is 2. The van der Waals surface area contributed by atoms with Crippen LogP contribution in [0.15, 0.2) is 103 Å². The standard InChI is InChI=1S/C30H26O4/c1-21-12-14-25(15-13-21)30(2,24-10-5-4-6-11-24)26-16-18-27(19-17-26)34-29(32)23-9-7-8-22(20-23)28(31)33-3/h4-20H,1-3H3. The quantitative estimate of drug-likeness (QED) is 0.195. The zero-order valence-corrected chi connectivity index (χ0v) is 19.4. The van der Waals surface area contributed by atoms with E-state index >= 15 is 0 Å². The highest BCUT2D eigenvalue weighted by molar-refractivity contribution is 5.96. The van der Waals surface area contributed by atoms with Crippen molar-refractivity contribution in [1.29, 1.82) is 0 Å². The van der Waals surface area contributed by atoms with Crippen LogP contribution in [0.3, 0.4) is 0 Å². The minimum atomic E-state index is -0.539. The van der Waals surface area contributed by atoms with Crippen LogP contribution in [0.4, 0.5) is 0 Å². The van der Waals surface area contributed by atoms with E-state index in [1.807, 2.05) is 30.3 Å². The summed E-state index contributed by atoms with van der Waals surface area (Å²) in [6, 6.07) is 32.8. The summed E-state index contributed by atoms with van der Waals surface area (Å²) < 4.78 is 10.3.